The number of hydrogen-bond donors (Lipinski definition) is 0. The molecule has 2 saturated heterocycles. The highest BCUT2D eigenvalue weighted by Gasteiger charge is 2.70. The minimum Gasteiger partial charge on any atom is -0.460 e. The van der Waals surface area contributed by atoms with E-state index in [1.807, 2.05) is 45.9 Å². The van der Waals surface area contributed by atoms with Crippen LogP contribution in [0.25, 0.3) is 0 Å². The molecule has 28 heavy (non-hydrogen) atoms. The molecule has 1 aromatic carbocycles. The Balaban J connectivity index is 1.40. The Bertz CT molecular complexity index is 894. The average Bonchev–Trinajstić information content (AvgIpc) is 2.98. The summed E-state index contributed by atoms with van der Waals surface area (Å²) in [6, 6.07) is 7.06. The van der Waals surface area contributed by atoms with E-state index in [1.165, 1.54) is 0 Å². The van der Waals surface area contributed by atoms with Crippen LogP contribution in [0.1, 0.15) is 39.2 Å². The third kappa shape index (κ3) is 3.52. The van der Waals surface area contributed by atoms with Crippen LogP contribution in [0, 0.1) is 24.7 Å². The van der Waals surface area contributed by atoms with E-state index in [-0.39, 0.29) is 30.5 Å². The summed E-state index contributed by atoms with van der Waals surface area (Å²) in [5.74, 6) is 0.709. The maximum Gasteiger partial charge on any atom is 0.310 e. The quantitative estimate of drug-likeness (QED) is 0.555. The third-order valence-electron chi connectivity index (χ3n) is 5.98. The van der Waals surface area contributed by atoms with Crippen molar-refractivity contribution in [1.82, 2.24) is 0 Å². The largest absolute Gasteiger partial charge is 0.460 e. The zero-order valence-corrected chi connectivity index (χ0v) is 17.6. The predicted molar refractivity (Wildman–Crippen MR) is 106 cm³/mol. The van der Waals surface area contributed by atoms with Gasteiger partial charge in [0.2, 0.25) is 0 Å². The van der Waals surface area contributed by atoms with Crippen LogP contribution in [0.2, 0.25) is 0 Å². The first-order chi connectivity index (χ1) is 13.1. The molecule has 3 fully saturated rings. The van der Waals surface area contributed by atoms with E-state index >= 15 is 0 Å². The molecule has 0 N–H and O–H groups in total. The fourth-order valence-corrected chi connectivity index (χ4v) is 6.69. The minimum atomic E-state index is -3.39. The molecule has 0 radical (unpaired) electrons. The van der Waals surface area contributed by atoms with Gasteiger partial charge in [-0.05, 0) is 64.0 Å². The van der Waals surface area contributed by atoms with Gasteiger partial charge in [0.05, 0.1) is 28.8 Å². The molecule has 0 unspecified atom stereocenters. The highest BCUT2D eigenvalue weighted by molar-refractivity contribution is 7.92. The molecule has 152 valence electrons. The second-order valence-corrected chi connectivity index (χ2v) is 11.4. The summed E-state index contributed by atoms with van der Waals surface area (Å²) in [5, 5.41) is -0.467. The fourth-order valence-electron chi connectivity index (χ4n) is 4.78. The van der Waals surface area contributed by atoms with Gasteiger partial charge in [0.15, 0.2) is 9.84 Å². The van der Waals surface area contributed by atoms with Gasteiger partial charge >= 0.3 is 5.97 Å². The van der Waals surface area contributed by atoms with E-state index in [9.17, 15) is 13.2 Å². The number of sulfone groups is 1. The van der Waals surface area contributed by atoms with Crippen molar-refractivity contribution >= 4 is 15.8 Å². The van der Waals surface area contributed by atoms with E-state index in [1.54, 1.807) is 12.1 Å². The topological polar surface area (TPSA) is 69.7 Å². The molecule has 1 aromatic rings. The zero-order chi connectivity index (χ0) is 20.3. The lowest BCUT2D eigenvalue weighted by molar-refractivity contribution is -0.153. The molecule has 3 aliphatic rings. The van der Waals surface area contributed by atoms with E-state index in [2.05, 4.69) is 6.08 Å². The smallest absolute Gasteiger partial charge is 0.310 e. The number of esters is 1. The first kappa shape index (κ1) is 19.6. The Kier molecular flexibility index (Phi) is 4.70. The lowest BCUT2D eigenvalue weighted by Gasteiger charge is -2.19. The van der Waals surface area contributed by atoms with Gasteiger partial charge in [-0.15, -0.1) is 0 Å². The van der Waals surface area contributed by atoms with Crippen molar-refractivity contribution < 1.29 is 22.7 Å². The van der Waals surface area contributed by atoms with Crippen LogP contribution >= 0.6 is 0 Å². The van der Waals surface area contributed by atoms with Gasteiger partial charge in [0.25, 0.3) is 0 Å². The van der Waals surface area contributed by atoms with E-state index < -0.39 is 20.7 Å². The SMILES string of the molecule is Cc1ccc(S(=O)(=O)[C@H]2C[C@@H]3O[C@H]2[C@H]2[C@H](/C=C\CC(=O)OC(C)(C)C)[C@H]23)cc1. The molecule has 0 spiro atoms. The number of fused-ring (bicyclic) bond motifs is 5. The summed E-state index contributed by atoms with van der Waals surface area (Å²) in [6.45, 7) is 7.50. The predicted octanol–water partition coefficient (Wildman–Crippen LogP) is 3.46. The molecule has 4 rings (SSSR count). The van der Waals surface area contributed by atoms with Crippen LogP contribution in [-0.2, 0) is 24.1 Å². The molecular weight excluding hydrogens is 376 g/mol. The molecule has 1 saturated carbocycles. The van der Waals surface area contributed by atoms with Crippen molar-refractivity contribution in [2.24, 2.45) is 17.8 Å². The number of hydrogen-bond acceptors (Lipinski definition) is 5. The van der Waals surface area contributed by atoms with Crippen molar-refractivity contribution in [3.05, 3.63) is 42.0 Å². The molecule has 6 heteroatoms. The summed E-state index contributed by atoms with van der Waals surface area (Å²) < 4.78 is 37.5. The normalized spacial score (nSPS) is 33.9. The first-order valence-electron chi connectivity index (χ1n) is 9.92. The number of ether oxygens (including phenoxy) is 2. The van der Waals surface area contributed by atoms with E-state index in [0.29, 0.717) is 23.2 Å². The summed E-state index contributed by atoms with van der Waals surface area (Å²) in [5.41, 5.74) is 0.562. The second-order valence-electron chi connectivity index (χ2n) is 9.22. The molecular formula is C22H28O5S. The molecule has 0 amide bonds. The van der Waals surface area contributed by atoms with Crippen LogP contribution in [-0.4, -0.2) is 37.4 Å². The summed E-state index contributed by atoms with van der Waals surface area (Å²) in [6.07, 6.45) is 4.50. The summed E-state index contributed by atoms with van der Waals surface area (Å²) in [7, 11) is -3.39. The lowest BCUT2D eigenvalue weighted by Crippen LogP contribution is -2.33. The third-order valence-corrected chi connectivity index (χ3v) is 8.16. The molecule has 2 aliphatic heterocycles. The molecule has 0 aromatic heterocycles. The highest BCUT2D eigenvalue weighted by Crippen LogP contribution is 2.65. The lowest BCUT2D eigenvalue weighted by atomic mass is 10.0. The number of benzene rings is 1. The number of carbonyl (C=O) groups is 1. The Morgan fingerprint density at radius 1 is 1.21 bits per heavy atom. The van der Waals surface area contributed by atoms with Crippen molar-refractivity contribution in [3.63, 3.8) is 0 Å². The second kappa shape index (κ2) is 6.70. The highest BCUT2D eigenvalue weighted by atomic mass is 32.2. The van der Waals surface area contributed by atoms with Crippen molar-refractivity contribution in [3.8, 4) is 0 Å². The first-order valence-corrected chi connectivity index (χ1v) is 11.5. The monoisotopic (exact) mass is 404 g/mol. The van der Waals surface area contributed by atoms with Gasteiger partial charge in [0.1, 0.15) is 5.60 Å². The summed E-state index contributed by atoms with van der Waals surface area (Å²) in [4.78, 5) is 12.2. The van der Waals surface area contributed by atoms with Gasteiger partial charge in [-0.1, -0.05) is 29.8 Å². The number of aryl methyl sites for hydroxylation is 1. The molecule has 2 heterocycles. The fraction of sp³-hybridized carbons (Fsp3) is 0.591. The van der Waals surface area contributed by atoms with E-state index in [0.717, 1.165) is 5.56 Å². The maximum absolute atomic E-state index is 13.1. The Labute approximate surface area is 167 Å². The van der Waals surface area contributed by atoms with Crippen LogP contribution in [0.15, 0.2) is 41.3 Å². The number of carbonyl (C=O) groups excluding carboxylic acids is 1. The van der Waals surface area contributed by atoms with Crippen molar-refractivity contribution in [2.75, 3.05) is 0 Å². The van der Waals surface area contributed by atoms with Crippen molar-refractivity contribution in [2.45, 2.75) is 68.5 Å². The standard InChI is InChI=1S/C22H28O5S/c1-13-8-10-14(11-9-13)28(24,25)17-12-16-19-15(20(19)21(17)26-16)6-5-7-18(23)27-22(2,3)4/h5-6,8-11,15-17,19-21H,7,12H2,1-4H3/b6-5-/t15-,16+,17+,19+,20+,21-/m1/s1. The van der Waals surface area contributed by atoms with Crippen LogP contribution in [0.3, 0.4) is 0 Å². The van der Waals surface area contributed by atoms with Crippen LogP contribution < -0.4 is 0 Å². The summed E-state index contributed by atoms with van der Waals surface area (Å²) >= 11 is 0. The van der Waals surface area contributed by atoms with Gasteiger partial charge in [-0.3, -0.25) is 4.79 Å². The van der Waals surface area contributed by atoms with Crippen LogP contribution in [0.4, 0.5) is 0 Å². The van der Waals surface area contributed by atoms with Gasteiger partial charge in [-0.2, -0.15) is 0 Å². The molecule has 1 aliphatic carbocycles. The molecule has 6 atom stereocenters. The maximum atomic E-state index is 13.1. The van der Waals surface area contributed by atoms with Gasteiger partial charge in [0, 0.05) is 0 Å². The van der Waals surface area contributed by atoms with Crippen molar-refractivity contribution in [1.29, 1.82) is 0 Å². The Hall–Kier alpha value is -1.66. The number of rotatable bonds is 5. The van der Waals surface area contributed by atoms with Crippen LogP contribution in [0.5, 0.6) is 0 Å². The van der Waals surface area contributed by atoms with Gasteiger partial charge in [-0.25, -0.2) is 8.42 Å². The zero-order valence-electron chi connectivity index (χ0n) is 16.8. The average molecular weight is 405 g/mol. The van der Waals surface area contributed by atoms with E-state index in [4.69, 9.17) is 9.47 Å². The molecule has 2 bridgehead atoms. The molecule has 5 nitrogen and oxygen atoms in total. The van der Waals surface area contributed by atoms with Gasteiger partial charge < -0.3 is 9.47 Å². The Morgan fingerprint density at radius 2 is 1.89 bits per heavy atom. The minimum absolute atomic E-state index is 0.0106. The number of allylic oxidation sites excluding steroid dienone is 1. The Morgan fingerprint density at radius 3 is 2.54 bits per heavy atom.